The van der Waals surface area contributed by atoms with Crippen LogP contribution in [0.3, 0.4) is 0 Å². The van der Waals surface area contributed by atoms with Gasteiger partial charge in [0.15, 0.2) is 0 Å². The SMILES string of the molecule is N.O=C(O)O.[Ni]. The van der Waals surface area contributed by atoms with E-state index in [0.717, 1.165) is 0 Å². The fourth-order valence-corrected chi connectivity index (χ4v) is 0. The molecule has 5 N–H and O–H groups in total. The Kier molecular flexibility index (Phi) is 25.3. The first-order valence-electron chi connectivity index (χ1n) is 0.651. The van der Waals surface area contributed by atoms with E-state index in [1.165, 1.54) is 0 Å². The van der Waals surface area contributed by atoms with Gasteiger partial charge in [0, 0.05) is 16.5 Å². The summed E-state index contributed by atoms with van der Waals surface area (Å²) in [7, 11) is 0. The molecule has 0 aliphatic carbocycles. The molecule has 0 aliphatic rings. The van der Waals surface area contributed by atoms with Crippen molar-refractivity contribution in [3.05, 3.63) is 0 Å². The van der Waals surface area contributed by atoms with E-state index < -0.39 is 6.16 Å². The second kappa shape index (κ2) is 8.83. The van der Waals surface area contributed by atoms with Crippen molar-refractivity contribution in [1.82, 2.24) is 6.15 Å². The molecule has 0 aromatic rings. The van der Waals surface area contributed by atoms with E-state index in [9.17, 15) is 0 Å². The maximum atomic E-state index is 8.56. The minimum absolute atomic E-state index is 0. The molecule has 0 radical (unpaired) electrons. The third kappa shape index (κ3) is 361. The summed E-state index contributed by atoms with van der Waals surface area (Å²) < 4.78 is 0. The first kappa shape index (κ1) is 17.2. The Bertz CT molecular complexity index is 33.8. The third-order valence-electron chi connectivity index (χ3n) is 0. The van der Waals surface area contributed by atoms with Crippen LogP contribution in [0.4, 0.5) is 4.79 Å². The zero-order valence-electron chi connectivity index (χ0n) is 2.83. The fraction of sp³-hybridized carbons (Fsp3) is 0. The van der Waals surface area contributed by atoms with Crippen LogP contribution in [0.25, 0.3) is 0 Å². The van der Waals surface area contributed by atoms with Gasteiger partial charge in [0.05, 0.1) is 0 Å². The number of hydrogen-bond acceptors (Lipinski definition) is 2. The van der Waals surface area contributed by atoms with E-state index in [1.807, 2.05) is 0 Å². The summed E-state index contributed by atoms with van der Waals surface area (Å²) in [5.74, 6) is 0. The molecule has 0 aromatic heterocycles. The minimum Gasteiger partial charge on any atom is -0.450 e. The average molecular weight is 138 g/mol. The molecule has 0 spiro atoms. The van der Waals surface area contributed by atoms with Crippen molar-refractivity contribution in [2.24, 2.45) is 0 Å². The molecule has 0 saturated carbocycles. The van der Waals surface area contributed by atoms with Crippen LogP contribution < -0.4 is 6.15 Å². The van der Waals surface area contributed by atoms with Crippen LogP contribution in [-0.2, 0) is 16.5 Å². The molecule has 0 atom stereocenters. The molecular formula is CH5NNiO3. The Morgan fingerprint density at radius 3 is 1.33 bits per heavy atom. The zero-order chi connectivity index (χ0) is 3.58. The summed E-state index contributed by atoms with van der Waals surface area (Å²) >= 11 is 0. The van der Waals surface area contributed by atoms with Crippen LogP contribution in [-0.4, -0.2) is 16.4 Å². The van der Waals surface area contributed by atoms with E-state index in [-0.39, 0.29) is 22.6 Å². The normalized spacial score (nSPS) is 4.00. The molecule has 0 unspecified atom stereocenters. The van der Waals surface area contributed by atoms with E-state index >= 15 is 0 Å². The molecule has 0 amide bonds. The van der Waals surface area contributed by atoms with E-state index in [2.05, 4.69) is 0 Å². The second-order valence-electron chi connectivity index (χ2n) is 0.283. The van der Waals surface area contributed by atoms with Gasteiger partial charge in [-0.15, -0.1) is 0 Å². The molecule has 4 nitrogen and oxygen atoms in total. The van der Waals surface area contributed by atoms with E-state index in [0.29, 0.717) is 0 Å². The maximum absolute atomic E-state index is 8.56. The standard InChI is InChI=1S/CH2O3.H3N.Ni/c2-1(3)4;;/h(H2,2,3,4);1H3;. The molecule has 0 rings (SSSR count). The van der Waals surface area contributed by atoms with Crippen molar-refractivity contribution >= 4 is 6.16 Å². The summed E-state index contributed by atoms with van der Waals surface area (Å²) in [4.78, 5) is 8.56. The van der Waals surface area contributed by atoms with Crippen LogP contribution in [0.5, 0.6) is 0 Å². The second-order valence-corrected chi connectivity index (χ2v) is 0.283. The quantitative estimate of drug-likeness (QED) is 0.421. The summed E-state index contributed by atoms with van der Waals surface area (Å²) in [5, 5.41) is 13.9. The summed E-state index contributed by atoms with van der Waals surface area (Å²) in [6.45, 7) is 0. The monoisotopic (exact) mass is 137 g/mol. The van der Waals surface area contributed by atoms with Gasteiger partial charge in [0.25, 0.3) is 0 Å². The van der Waals surface area contributed by atoms with E-state index in [1.54, 1.807) is 0 Å². The smallest absolute Gasteiger partial charge is 0.450 e. The van der Waals surface area contributed by atoms with Crippen molar-refractivity contribution in [3.8, 4) is 0 Å². The van der Waals surface area contributed by atoms with Crippen molar-refractivity contribution in [3.63, 3.8) is 0 Å². The van der Waals surface area contributed by atoms with Gasteiger partial charge >= 0.3 is 6.16 Å². The van der Waals surface area contributed by atoms with Gasteiger partial charge in [-0.3, -0.25) is 0 Å². The minimum atomic E-state index is -1.83. The Morgan fingerprint density at radius 2 is 1.33 bits per heavy atom. The van der Waals surface area contributed by atoms with Crippen molar-refractivity contribution in [2.75, 3.05) is 0 Å². The molecule has 0 heterocycles. The molecule has 0 aliphatic heterocycles. The van der Waals surface area contributed by atoms with Gasteiger partial charge in [0.2, 0.25) is 0 Å². The molecular weight excluding hydrogens is 133 g/mol. The van der Waals surface area contributed by atoms with Crippen LogP contribution in [0.1, 0.15) is 0 Å². The van der Waals surface area contributed by atoms with E-state index in [4.69, 9.17) is 15.0 Å². The largest absolute Gasteiger partial charge is 0.503 e. The number of carboxylic acid groups (broad SMARTS) is 2. The van der Waals surface area contributed by atoms with Crippen LogP contribution in [0.2, 0.25) is 0 Å². The van der Waals surface area contributed by atoms with Crippen LogP contribution >= 0.6 is 0 Å². The number of hydrogen-bond donors (Lipinski definition) is 3. The Balaban J connectivity index is -0.0000000450. The summed E-state index contributed by atoms with van der Waals surface area (Å²) in [5.41, 5.74) is 0. The number of carbonyl (C=O) groups is 1. The topological polar surface area (TPSA) is 92.5 Å². The molecule has 0 bridgehead atoms. The molecule has 42 valence electrons. The van der Waals surface area contributed by atoms with Crippen LogP contribution in [0.15, 0.2) is 0 Å². The maximum Gasteiger partial charge on any atom is 0.503 e. The first-order chi connectivity index (χ1) is 1.73. The van der Waals surface area contributed by atoms with Gasteiger partial charge in [-0.25, -0.2) is 4.79 Å². The Labute approximate surface area is 44.7 Å². The molecule has 0 aromatic carbocycles. The summed E-state index contributed by atoms with van der Waals surface area (Å²) in [6, 6.07) is 0. The molecule has 5 heteroatoms. The molecule has 0 fully saturated rings. The van der Waals surface area contributed by atoms with Crippen LogP contribution in [0, 0.1) is 0 Å². The van der Waals surface area contributed by atoms with Crippen molar-refractivity contribution < 1.29 is 31.5 Å². The van der Waals surface area contributed by atoms with Gasteiger partial charge in [-0.1, -0.05) is 0 Å². The van der Waals surface area contributed by atoms with Gasteiger partial charge in [-0.2, -0.15) is 0 Å². The Morgan fingerprint density at radius 1 is 1.33 bits per heavy atom. The van der Waals surface area contributed by atoms with Gasteiger partial charge < -0.3 is 16.4 Å². The predicted octanol–water partition coefficient (Wildman–Crippen LogP) is 0.382. The van der Waals surface area contributed by atoms with Gasteiger partial charge in [0.1, 0.15) is 0 Å². The molecule has 0 saturated heterocycles. The first-order valence-corrected chi connectivity index (χ1v) is 0.651. The summed E-state index contributed by atoms with van der Waals surface area (Å²) in [6.07, 6.45) is -1.83. The zero-order valence-corrected chi connectivity index (χ0v) is 3.81. The molecule has 6 heavy (non-hydrogen) atoms. The number of rotatable bonds is 0. The van der Waals surface area contributed by atoms with Crippen molar-refractivity contribution in [1.29, 1.82) is 0 Å². The predicted molar refractivity (Wildman–Crippen MR) is 15.7 cm³/mol. The fourth-order valence-electron chi connectivity index (χ4n) is 0. The average Bonchev–Trinajstić information content (AvgIpc) is 0.811. The van der Waals surface area contributed by atoms with Crippen molar-refractivity contribution in [2.45, 2.75) is 0 Å². The Hall–Kier alpha value is -0.276. The van der Waals surface area contributed by atoms with Gasteiger partial charge in [-0.05, 0) is 0 Å². The third-order valence-corrected chi connectivity index (χ3v) is 0.